The van der Waals surface area contributed by atoms with Crippen LogP contribution in [0.1, 0.15) is 34.6 Å². The van der Waals surface area contributed by atoms with Crippen LogP contribution < -0.4 is 20.7 Å². The highest BCUT2D eigenvalue weighted by atomic mass is 16.5. The van der Waals surface area contributed by atoms with Gasteiger partial charge in [-0.3, -0.25) is 9.78 Å². The van der Waals surface area contributed by atoms with E-state index in [1.165, 1.54) is 0 Å². The summed E-state index contributed by atoms with van der Waals surface area (Å²) in [5.74, 6) is 2.06. The van der Waals surface area contributed by atoms with Crippen molar-refractivity contribution in [2.75, 3.05) is 16.0 Å². The first-order valence-corrected chi connectivity index (χ1v) is 12.8. The Morgan fingerprint density at radius 1 is 1.00 bits per heavy atom. The Labute approximate surface area is 226 Å². The number of carbonyl (C=O) groups is 1. The largest absolute Gasteiger partial charge is 0.457 e. The van der Waals surface area contributed by atoms with Crippen LogP contribution in [-0.4, -0.2) is 37.0 Å². The summed E-state index contributed by atoms with van der Waals surface area (Å²) < 4.78 is 7.81. The highest BCUT2D eigenvalue weighted by Gasteiger charge is 2.21. The molecule has 0 saturated carbocycles. The van der Waals surface area contributed by atoms with Crippen molar-refractivity contribution in [1.82, 2.24) is 25.0 Å². The summed E-state index contributed by atoms with van der Waals surface area (Å²) >= 11 is 0. The second kappa shape index (κ2) is 10.5. The molecule has 5 rings (SSSR count). The van der Waals surface area contributed by atoms with Gasteiger partial charge in [0.25, 0.3) is 0 Å². The van der Waals surface area contributed by atoms with E-state index in [1.54, 1.807) is 42.7 Å². The monoisotopic (exact) mass is 524 g/mol. The van der Waals surface area contributed by atoms with E-state index in [0.717, 1.165) is 22.3 Å². The number of hydrogen-bond donors (Lipinski definition) is 4. The molecule has 3 heterocycles. The van der Waals surface area contributed by atoms with Crippen LogP contribution in [0.2, 0.25) is 0 Å². The minimum absolute atomic E-state index is 0.263. The van der Waals surface area contributed by atoms with Gasteiger partial charge in [-0.05, 0) is 77.1 Å². The predicted molar refractivity (Wildman–Crippen MR) is 154 cm³/mol. The third kappa shape index (κ3) is 6.18. The molecule has 0 aliphatic carbocycles. The molecule has 4 N–H and O–H groups in total. The van der Waals surface area contributed by atoms with Gasteiger partial charge in [0.05, 0.1) is 22.9 Å². The maximum atomic E-state index is 13.0. The fourth-order valence-corrected chi connectivity index (χ4v) is 3.99. The maximum Gasteiger partial charge on any atom is 0.323 e. The quantitative estimate of drug-likeness (QED) is 0.185. The number of carbonyl (C=O) groups excluding carboxylic acids is 1. The van der Waals surface area contributed by atoms with Crippen molar-refractivity contribution in [1.29, 1.82) is 0 Å². The Hall–Kier alpha value is -4.86. The first-order chi connectivity index (χ1) is 18.6. The number of ether oxygens (including phenoxy) is 1. The van der Waals surface area contributed by atoms with Gasteiger partial charge < -0.3 is 20.7 Å². The fourth-order valence-electron chi connectivity index (χ4n) is 3.99. The first kappa shape index (κ1) is 25.8. The smallest absolute Gasteiger partial charge is 0.323 e. The number of aromatic amines is 1. The third-order valence-electron chi connectivity index (χ3n) is 5.88. The lowest BCUT2D eigenvalue weighted by Crippen LogP contribution is -2.22. The van der Waals surface area contributed by atoms with Gasteiger partial charge in [0, 0.05) is 41.1 Å². The number of rotatable bonds is 7. The molecule has 2 aromatic carbocycles. The predicted octanol–water partition coefficient (Wildman–Crippen LogP) is 6.83. The molecule has 2 amide bonds. The number of urea groups is 1. The van der Waals surface area contributed by atoms with Gasteiger partial charge >= 0.3 is 6.03 Å². The molecule has 200 valence electrons. The van der Waals surface area contributed by atoms with Crippen LogP contribution in [-0.2, 0) is 5.54 Å². The molecule has 0 bridgehead atoms. The molecular formula is C29H32N8O2. The second-order valence-corrected chi connectivity index (χ2v) is 10.6. The van der Waals surface area contributed by atoms with E-state index in [2.05, 4.69) is 65.8 Å². The summed E-state index contributed by atoms with van der Waals surface area (Å²) in [6.07, 6.45) is 5.31. The van der Waals surface area contributed by atoms with Crippen LogP contribution in [0.3, 0.4) is 0 Å². The standard InChI is InChI=1S/C29H32N8O2/c1-18(2)32-26-15-23(12-13-30-26)39-22-9-7-21(8-10-22)33-28(38)34-25-17-37(29(3,4)5)36-27(25)19-6-11-24-20(14-19)16-31-35-24/h6-18H,1-5H3,(H,30,32)(H,31,35)(H2,33,34,38). The van der Waals surface area contributed by atoms with Gasteiger partial charge in [-0.15, -0.1) is 0 Å². The van der Waals surface area contributed by atoms with Crippen molar-refractivity contribution in [2.45, 2.75) is 46.2 Å². The number of pyridine rings is 1. The number of nitrogens with zero attached hydrogens (tertiary/aromatic N) is 4. The lowest BCUT2D eigenvalue weighted by atomic mass is 10.1. The van der Waals surface area contributed by atoms with Gasteiger partial charge in [-0.2, -0.15) is 10.2 Å². The average Bonchev–Trinajstić information content (AvgIpc) is 3.51. The summed E-state index contributed by atoms with van der Waals surface area (Å²) in [5, 5.41) is 21.9. The van der Waals surface area contributed by atoms with Crippen LogP contribution in [0.5, 0.6) is 11.5 Å². The SMILES string of the molecule is CC(C)Nc1cc(Oc2ccc(NC(=O)Nc3cn(C(C)(C)C)nc3-c3ccc4[nH]ncc4c3)cc2)ccn1. The van der Waals surface area contributed by atoms with Crippen LogP contribution in [0.4, 0.5) is 22.0 Å². The van der Waals surface area contributed by atoms with E-state index in [0.29, 0.717) is 28.6 Å². The van der Waals surface area contributed by atoms with E-state index in [1.807, 2.05) is 35.1 Å². The van der Waals surface area contributed by atoms with Crippen LogP contribution in [0.15, 0.2) is 73.2 Å². The molecule has 3 aromatic heterocycles. The lowest BCUT2D eigenvalue weighted by Gasteiger charge is -2.18. The summed E-state index contributed by atoms with van der Waals surface area (Å²) in [6.45, 7) is 10.3. The zero-order valence-electron chi connectivity index (χ0n) is 22.6. The van der Waals surface area contributed by atoms with Crippen molar-refractivity contribution in [3.8, 4) is 22.8 Å². The van der Waals surface area contributed by atoms with Crippen LogP contribution >= 0.6 is 0 Å². The molecular weight excluding hydrogens is 492 g/mol. The molecule has 0 saturated heterocycles. The molecule has 0 unspecified atom stereocenters. The van der Waals surface area contributed by atoms with Crippen molar-refractivity contribution in [2.24, 2.45) is 0 Å². The average molecular weight is 525 g/mol. The van der Waals surface area contributed by atoms with Gasteiger partial charge in [-0.25, -0.2) is 9.78 Å². The van der Waals surface area contributed by atoms with Crippen LogP contribution in [0, 0.1) is 0 Å². The number of anilines is 3. The zero-order chi connectivity index (χ0) is 27.6. The van der Waals surface area contributed by atoms with Crippen molar-refractivity contribution in [3.63, 3.8) is 0 Å². The Bertz CT molecular complexity index is 1600. The summed E-state index contributed by atoms with van der Waals surface area (Å²) in [4.78, 5) is 17.3. The topological polar surface area (TPSA) is 122 Å². The molecule has 5 aromatic rings. The Balaban J connectivity index is 1.29. The minimum atomic E-state index is -0.374. The van der Waals surface area contributed by atoms with Gasteiger partial charge in [-0.1, -0.05) is 6.07 Å². The molecule has 0 atom stereocenters. The summed E-state index contributed by atoms with van der Waals surface area (Å²) in [7, 11) is 0. The van der Waals surface area contributed by atoms with E-state index >= 15 is 0 Å². The minimum Gasteiger partial charge on any atom is -0.457 e. The Morgan fingerprint density at radius 3 is 2.54 bits per heavy atom. The molecule has 0 aliphatic heterocycles. The number of fused-ring (bicyclic) bond motifs is 1. The van der Waals surface area contributed by atoms with E-state index < -0.39 is 0 Å². The van der Waals surface area contributed by atoms with Gasteiger partial charge in [0.15, 0.2) is 0 Å². The molecule has 10 heteroatoms. The number of aromatic nitrogens is 5. The molecule has 0 radical (unpaired) electrons. The second-order valence-electron chi connectivity index (χ2n) is 10.6. The Kier molecular flexibility index (Phi) is 6.93. The Morgan fingerprint density at radius 2 is 1.79 bits per heavy atom. The number of benzene rings is 2. The molecule has 39 heavy (non-hydrogen) atoms. The van der Waals surface area contributed by atoms with Crippen molar-refractivity contribution in [3.05, 3.63) is 73.2 Å². The number of hydrogen-bond acceptors (Lipinski definition) is 6. The van der Waals surface area contributed by atoms with Crippen molar-refractivity contribution < 1.29 is 9.53 Å². The normalized spacial score (nSPS) is 11.5. The third-order valence-corrected chi connectivity index (χ3v) is 5.88. The molecule has 10 nitrogen and oxygen atoms in total. The molecule has 0 spiro atoms. The number of nitrogens with one attached hydrogen (secondary N) is 4. The highest BCUT2D eigenvalue weighted by molar-refractivity contribution is 6.02. The van der Waals surface area contributed by atoms with Gasteiger partial charge in [0.2, 0.25) is 0 Å². The lowest BCUT2D eigenvalue weighted by molar-refractivity contribution is 0.262. The maximum absolute atomic E-state index is 13.0. The van der Waals surface area contributed by atoms with Crippen molar-refractivity contribution >= 4 is 34.1 Å². The summed E-state index contributed by atoms with van der Waals surface area (Å²) in [5.41, 5.74) is 3.46. The summed E-state index contributed by atoms with van der Waals surface area (Å²) in [6, 6.07) is 16.6. The fraction of sp³-hybridized carbons (Fsp3) is 0.241. The molecule has 0 aliphatic rings. The van der Waals surface area contributed by atoms with E-state index in [-0.39, 0.29) is 17.6 Å². The van der Waals surface area contributed by atoms with E-state index in [4.69, 9.17) is 9.84 Å². The van der Waals surface area contributed by atoms with Crippen LogP contribution in [0.25, 0.3) is 22.2 Å². The number of amides is 2. The van der Waals surface area contributed by atoms with E-state index in [9.17, 15) is 4.79 Å². The van der Waals surface area contributed by atoms with Gasteiger partial charge in [0.1, 0.15) is 23.0 Å². The highest BCUT2D eigenvalue weighted by Crippen LogP contribution is 2.31. The number of H-pyrrole nitrogens is 1. The first-order valence-electron chi connectivity index (χ1n) is 12.8. The molecule has 0 fully saturated rings. The zero-order valence-corrected chi connectivity index (χ0v) is 22.6.